The third kappa shape index (κ3) is 5.88. The van der Waals surface area contributed by atoms with Gasteiger partial charge in [-0.3, -0.25) is 9.59 Å². The Kier molecular flexibility index (Phi) is 7.56. The zero-order valence-corrected chi connectivity index (χ0v) is 18.4. The standard InChI is InChI=1S/C20H25F2N5O4S/c1-26-12-19(24-13-26)32(30,31)27-9-2-3-14(6-8-23-18(28)7-10-27)20(29)25-17-5-4-15(21)11-16(17)22/h4-5,11-14H,2-3,6-10H2,1H3,(H,23,28)(H,25,29). The number of carbonyl (C=O) groups excluding carboxylic acids is 2. The van der Waals surface area contributed by atoms with Gasteiger partial charge in [0.1, 0.15) is 11.6 Å². The molecule has 2 N–H and O–H groups in total. The highest BCUT2D eigenvalue weighted by Gasteiger charge is 2.28. The second-order valence-electron chi connectivity index (χ2n) is 7.62. The number of carbonyl (C=O) groups is 2. The van der Waals surface area contributed by atoms with Crippen molar-refractivity contribution in [2.75, 3.05) is 25.0 Å². The maximum atomic E-state index is 13.9. The number of amides is 2. The summed E-state index contributed by atoms with van der Waals surface area (Å²) >= 11 is 0. The third-order valence-corrected chi connectivity index (χ3v) is 6.99. The van der Waals surface area contributed by atoms with Crippen LogP contribution in [0.3, 0.4) is 0 Å². The molecular formula is C20H25F2N5O4S. The predicted octanol–water partition coefficient (Wildman–Crippen LogP) is 1.63. The summed E-state index contributed by atoms with van der Waals surface area (Å²) in [6.07, 6.45) is 3.70. The normalized spacial score (nSPS) is 19.1. The Bertz CT molecular complexity index is 1090. The molecule has 1 saturated heterocycles. The minimum atomic E-state index is -3.90. The van der Waals surface area contributed by atoms with Crippen LogP contribution in [0.25, 0.3) is 0 Å². The molecule has 1 aromatic carbocycles. The smallest absolute Gasteiger partial charge is 0.262 e. The summed E-state index contributed by atoms with van der Waals surface area (Å²) in [6.45, 7) is 0.305. The van der Waals surface area contributed by atoms with Gasteiger partial charge in [-0.15, -0.1) is 0 Å². The minimum absolute atomic E-state index is 0.0115. The molecular weight excluding hydrogens is 444 g/mol. The summed E-state index contributed by atoms with van der Waals surface area (Å²) in [5, 5.41) is 5.02. The number of anilines is 1. The van der Waals surface area contributed by atoms with Crippen LogP contribution in [0.1, 0.15) is 25.7 Å². The number of benzene rings is 1. The molecule has 2 aromatic rings. The van der Waals surface area contributed by atoms with E-state index in [2.05, 4.69) is 15.6 Å². The maximum absolute atomic E-state index is 13.9. The Morgan fingerprint density at radius 3 is 2.72 bits per heavy atom. The average molecular weight is 470 g/mol. The second kappa shape index (κ2) is 10.2. The molecule has 2 heterocycles. The van der Waals surface area contributed by atoms with Crippen molar-refractivity contribution in [3.63, 3.8) is 0 Å². The Labute approximate surface area is 184 Å². The van der Waals surface area contributed by atoms with E-state index in [1.165, 1.54) is 21.4 Å². The highest BCUT2D eigenvalue weighted by Crippen LogP contribution is 2.21. The number of hydrogen-bond donors (Lipinski definition) is 2. The molecule has 3 rings (SSSR count). The lowest BCUT2D eigenvalue weighted by Gasteiger charge is -2.21. The van der Waals surface area contributed by atoms with Crippen molar-refractivity contribution in [2.45, 2.75) is 30.7 Å². The molecule has 32 heavy (non-hydrogen) atoms. The molecule has 1 aromatic heterocycles. The third-order valence-electron chi connectivity index (χ3n) is 5.21. The Balaban J connectivity index is 1.73. The SMILES string of the molecule is Cn1cnc(S(=O)(=O)N2CCCC(C(=O)Nc3ccc(F)cc3F)CCNC(=O)CC2)c1. The van der Waals surface area contributed by atoms with Crippen molar-refractivity contribution in [3.8, 4) is 0 Å². The van der Waals surface area contributed by atoms with Gasteiger partial charge in [0.2, 0.25) is 11.8 Å². The Morgan fingerprint density at radius 2 is 2.03 bits per heavy atom. The molecule has 2 amide bonds. The molecule has 1 fully saturated rings. The van der Waals surface area contributed by atoms with Gasteiger partial charge < -0.3 is 15.2 Å². The first-order valence-electron chi connectivity index (χ1n) is 10.2. The van der Waals surface area contributed by atoms with E-state index in [9.17, 15) is 26.8 Å². The summed E-state index contributed by atoms with van der Waals surface area (Å²) in [5.41, 5.74) is -0.144. The number of halogens is 2. The molecule has 174 valence electrons. The Hall–Kier alpha value is -2.86. The van der Waals surface area contributed by atoms with Gasteiger partial charge in [0.25, 0.3) is 10.0 Å². The molecule has 0 bridgehead atoms. The monoisotopic (exact) mass is 469 g/mol. The number of hydrogen-bond acceptors (Lipinski definition) is 5. The van der Waals surface area contributed by atoms with Gasteiger partial charge in [0.05, 0.1) is 12.0 Å². The fourth-order valence-electron chi connectivity index (χ4n) is 3.45. The van der Waals surface area contributed by atoms with Crippen LogP contribution in [0.15, 0.2) is 35.7 Å². The fraction of sp³-hybridized carbons (Fsp3) is 0.450. The van der Waals surface area contributed by atoms with Crippen molar-refractivity contribution in [1.82, 2.24) is 19.2 Å². The van der Waals surface area contributed by atoms with Gasteiger partial charge in [-0.1, -0.05) is 0 Å². The number of nitrogens with one attached hydrogen (secondary N) is 2. The molecule has 0 radical (unpaired) electrons. The van der Waals surface area contributed by atoms with Crippen LogP contribution in [0.4, 0.5) is 14.5 Å². The second-order valence-corrected chi connectivity index (χ2v) is 9.51. The minimum Gasteiger partial charge on any atom is -0.356 e. The molecule has 1 aliphatic rings. The van der Waals surface area contributed by atoms with Crippen molar-refractivity contribution in [3.05, 3.63) is 42.4 Å². The highest BCUT2D eigenvalue weighted by molar-refractivity contribution is 7.89. The first-order valence-corrected chi connectivity index (χ1v) is 11.6. The summed E-state index contributed by atoms with van der Waals surface area (Å²) < 4.78 is 55.6. The fourth-order valence-corrected chi connectivity index (χ4v) is 4.90. The lowest BCUT2D eigenvalue weighted by atomic mass is 9.98. The van der Waals surface area contributed by atoms with Gasteiger partial charge >= 0.3 is 0 Å². The van der Waals surface area contributed by atoms with Gasteiger partial charge in [0.15, 0.2) is 5.03 Å². The zero-order valence-electron chi connectivity index (χ0n) is 17.6. The molecule has 1 unspecified atom stereocenters. The van der Waals surface area contributed by atoms with E-state index in [-0.39, 0.29) is 42.7 Å². The maximum Gasteiger partial charge on any atom is 0.262 e. The van der Waals surface area contributed by atoms with Crippen molar-refractivity contribution in [1.29, 1.82) is 0 Å². The zero-order chi connectivity index (χ0) is 23.3. The lowest BCUT2D eigenvalue weighted by Crippen LogP contribution is -2.36. The van der Waals surface area contributed by atoms with Crippen molar-refractivity contribution in [2.24, 2.45) is 13.0 Å². The first kappa shape index (κ1) is 23.8. The number of aromatic nitrogens is 2. The number of nitrogens with zero attached hydrogens (tertiary/aromatic N) is 3. The summed E-state index contributed by atoms with van der Waals surface area (Å²) in [5.74, 6) is -3.07. The van der Waals surface area contributed by atoms with E-state index in [1.54, 1.807) is 7.05 Å². The van der Waals surface area contributed by atoms with Gasteiger partial charge in [-0.05, 0) is 31.4 Å². The summed E-state index contributed by atoms with van der Waals surface area (Å²) in [7, 11) is -2.25. The number of aryl methyl sites for hydroxylation is 1. The largest absolute Gasteiger partial charge is 0.356 e. The van der Waals surface area contributed by atoms with Crippen LogP contribution in [0, 0.1) is 17.6 Å². The quantitative estimate of drug-likeness (QED) is 0.707. The predicted molar refractivity (Wildman–Crippen MR) is 112 cm³/mol. The van der Waals surface area contributed by atoms with E-state index in [4.69, 9.17) is 0 Å². The number of imidazole rings is 1. The van der Waals surface area contributed by atoms with Crippen LogP contribution in [-0.2, 0) is 26.7 Å². The van der Waals surface area contributed by atoms with Gasteiger partial charge in [0, 0.05) is 51.3 Å². The van der Waals surface area contributed by atoms with Crippen LogP contribution in [0.2, 0.25) is 0 Å². The molecule has 0 aliphatic carbocycles. The lowest BCUT2D eigenvalue weighted by molar-refractivity contribution is -0.122. The van der Waals surface area contributed by atoms with Crippen LogP contribution < -0.4 is 10.6 Å². The highest BCUT2D eigenvalue weighted by atomic mass is 32.2. The average Bonchev–Trinajstić information content (AvgIpc) is 3.16. The van der Waals surface area contributed by atoms with E-state index in [0.29, 0.717) is 25.3 Å². The van der Waals surface area contributed by atoms with Crippen LogP contribution in [0.5, 0.6) is 0 Å². The van der Waals surface area contributed by atoms with Crippen molar-refractivity contribution >= 4 is 27.5 Å². The molecule has 0 spiro atoms. The van der Waals surface area contributed by atoms with Crippen molar-refractivity contribution < 1.29 is 26.8 Å². The van der Waals surface area contributed by atoms with Gasteiger partial charge in [-0.2, -0.15) is 4.31 Å². The molecule has 1 atom stereocenters. The van der Waals surface area contributed by atoms with E-state index in [1.807, 2.05) is 0 Å². The molecule has 12 heteroatoms. The molecule has 9 nitrogen and oxygen atoms in total. The number of rotatable bonds is 4. The Morgan fingerprint density at radius 1 is 1.25 bits per heavy atom. The van der Waals surface area contributed by atoms with E-state index in [0.717, 1.165) is 12.1 Å². The first-order chi connectivity index (χ1) is 15.2. The number of sulfonamides is 1. The van der Waals surface area contributed by atoms with E-state index >= 15 is 0 Å². The summed E-state index contributed by atoms with van der Waals surface area (Å²) in [4.78, 5) is 28.7. The summed E-state index contributed by atoms with van der Waals surface area (Å²) in [6, 6.07) is 2.85. The molecule has 0 saturated carbocycles. The van der Waals surface area contributed by atoms with Gasteiger partial charge in [-0.25, -0.2) is 22.2 Å². The van der Waals surface area contributed by atoms with E-state index < -0.39 is 33.5 Å². The molecule has 1 aliphatic heterocycles. The van der Waals surface area contributed by atoms with Crippen LogP contribution >= 0.6 is 0 Å². The topological polar surface area (TPSA) is 113 Å². The van der Waals surface area contributed by atoms with Crippen LogP contribution in [-0.4, -0.2) is 53.7 Å².